The Morgan fingerprint density at radius 1 is 1.30 bits per heavy atom. The van der Waals surface area contributed by atoms with Crippen LogP contribution < -0.4 is 15.8 Å². The van der Waals surface area contributed by atoms with Crippen LogP contribution in [0.2, 0.25) is 0 Å². The van der Waals surface area contributed by atoms with Crippen LogP contribution >= 0.6 is 0 Å². The quantitative estimate of drug-likeness (QED) is 0.427. The van der Waals surface area contributed by atoms with Crippen molar-refractivity contribution >= 4 is 17.5 Å². The largest absolute Gasteiger partial charge is 0.465 e. The molecule has 0 bridgehead atoms. The molecule has 2 rings (SSSR count). The molecule has 2 aromatic rings. The molecule has 0 atom stereocenters. The van der Waals surface area contributed by atoms with Gasteiger partial charge in [-0.2, -0.15) is 0 Å². The summed E-state index contributed by atoms with van der Waals surface area (Å²) in [5.41, 5.74) is 6.26. The van der Waals surface area contributed by atoms with Gasteiger partial charge in [-0.1, -0.05) is 18.2 Å². The number of nitrogens with two attached hydrogens (primary N) is 1. The molecule has 0 aromatic heterocycles. The molecule has 8 heteroatoms. The molecule has 4 N–H and O–H groups in total. The normalized spacial score (nSPS) is 10.1. The molecule has 2 aromatic carbocycles. The molecule has 0 fully saturated rings. The van der Waals surface area contributed by atoms with Gasteiger partial charge < -0.3 is 20.9 Å². The number of para-hydroxylation sites is 1. The highest BCUT2D eigenvalue weighted by Gasteiger charge is 2.13. The summed E-state index contributed by atoms with van der Waals surface area (Å²) in [6, 6.07) is 11.2. The van der Waals surface area contributed by atoms with E-state index in [0.29, 0.717) is 17.9 Å². The summed E-state index contributed by atoms with van der Waals surface area (Å²) in [6.45, 7) is 0.248. The van der Waals surface area contributed by atoms with E-state index in [-0.39, 0.29) is 17.9 Å². The molecule has 120 valence electrons. The summed E-state index contributed by atoms with van der Waals surface area (Å²) < 4.78 is 5.70. The van der Waals surface area contributed by atoms with Crippen molar-refractivity contribution in [3.8, 4) is 11.5 Å². The standard InChI is InChI=1S/C15H15N3O5/c16-12-9-11(5-6-13(12)18(21)22)23-14-4-2-1-3-10(14)7-8-17-15(19)20/h1-6,9,17H,7-8,16H2,(H,19,20). The maximum Gasteiger partial charge on any atom is 0.404 e. The highest BCUT2D eigenvalue weighted by molar-refractivity contribution is 5.64. The number of nitro groups is 1. The molecule has 0 aliphatic heterocycles. The number of nitrogens with one attached hydrogen (secondary N) is 1. The number of hydrogen-bond acceptors (Lipinski definition) is 5. The fourth-order valence-corrected chi connectivity index (χ4v) is 2.00. The van der Waals surface area contributed by atoms with Crippen molar-refractivity contribution in [1.82, 2.24) is 5.32 Å². The number of nitrogen functional groups attached to an aromatic ring is 1. The topological polar surface area (TPSA) is 128 Å². The molecule has 1 amide bonds. The lowest BCUT2D eigenvalue weighted by Gasteiger charge is -2.11. The lowest BCUT2D eigenvalue weighted by atomic mass is 10.1. The van der Waals surface area contributed by atoms with Gasteiger partial charge in [0.25, 0.3) is 5.69 Å². The molecule has 0 saturated heterocycles. The lowest BCUT2D eigenvalue weighted by molar-refractivity contribution is -0.383. The van der Waals surface area contributed by atoms with Gasteiger partial charge in [0.05, 0.1) is 4.92 Å². The molecule has 0 heterocycles. The Morgan fingerprint density at radius 2 is 2.04 bits per heavy atom. The Morgan fingerprint density at radius 3 is 2.70 bits per heavy atom. The monoisotopic (exact) mass is 317 g/mol. The first-order valence-corrected chi connectivity index (χ1v) is 6.74. The zero-order valence-corrected chi connectivity index (χ0v) is 12.1. The van der Waals surface area contributed by atoms with Crippen LogP contribution in [0, 0.1) is 10.1 Å². The van der Waals surface area contributed by atoms with Gasteiger partial charge in [-0.25, -0.2) is 4.79 Å². The van der Waals surface area contributed by atoms with Crippen molar-refractivity contribution < 1.29 is 19.6 Å². The molecular formula is C15H15N3O5. The summed E-state index contributed by atoms with van der Waals surface area (Å²) in [4.78, 5) is 20.7. The Bertz CT molecular complexity index is 733. The SMILES string of the molecule is Nc1cc(Oc2ccccc2CCNC(=O)O)ccc1[N+](=O)[O-]. The van der Waals surface area contributed by atoms with Crippen LogP contribution in [0.1, 0.15) is 5.56 Å². The van der Waals surface area contributed by atoms with Crippen LogP contribution in [0.5, 0.6) is 11.5 Å². The first kappa shape index (κ1) is 16.1. The zero-order valence-electron chi connectivity index (χ0n) is 12.1. The number of benzene rings is 2. The molecule has 23 heavy (non-hydrogen) atoms. The summed E-state index contributed by atoms with van der Waals surface area (Å²) in [6.07, 6.45) is -0.642. The Hall–Kier alpha value is -3.29. The molecule has 0 spiro atoms. The van der Waals surface area contributed by atoms with Gasteiger partial charge in [-0.15, -0.1) is 0 Å². The maximum atomic E-state index is 10.7. The molecule has 8 nitrogen and oxygen atoms in total. The number of amides is 1. The maximum absolute atomic E-state index is 10.7. The van der Waals surface area contributed by atoms with E-state index >= 15 is 0 Å². The van der Waals surface area contributed by atoms with E-state index in [1.165, 1.54) is 18.2 Å². The van der Waals surface area contributed by atoms with Crippen molar-refractivity contribution in [2.24, 2.45) is 0 Å². The van der Waals surface area contributed by atoms with Crippen molar-refractivity contribution in [2.45, 2.75) is 6.42 Å². The lowest BCUT2D eigenvalue weighted by Crippen LogP contribution is -2.23. The van der Waals surface area contributed by atoms with Crippen LogP contribution in [-0.4, -0.2) is 22.7 Å². The molecule has 0 aliphatic rings. The Labute approximate surface area is 131 Å². The van der Waals surface area contributed by atoms with Crippen molar-refractivity contribution in [1.29, 1.82) is 0 Å². The minimum atomic E-state index is -1.09. The van der Waals surface area contributed by atoms with E-state index in [4.69, 9.17) is 15.6 Å². The van der Waals surface area contributed by atoms with Crippen LogP contribution in [-0.2, 0) is 6.42 Å². The first-order chi connectivity index (χ1) is 11.0. The van der Waals surface area contributed by atoms with Crippen molar-refractivity contribution in [2.75, 3.05) is 12.3 Å². The van der Waals surface area contributed by atoms with E-state index in [9.17, 15) is 14.9 Å². The Balaban J connectivity index is 2.15. The summed E-state index contributed by atoms with van der Waals surface area (Å²) in [5.74, 6) is 0.902. The van der Waals surface area contributed by atoms with E-state index in [1.54, 1.807) is 12.1 Å². The number of ether oxygens (including phenoxy) is 1. The number of nitro benzene ring substituents is 1. The van der Waals surface area contributed by atoms with Gasteiger partial charge in [-0.05, 0) is 24.1 Å². The molecule has 0 aliphatic carbocycles. The number of carbonyl (C=O) groups is 1. The van der Waals surface area contributed by atoms with Crippen LogP contribution in [0.4, 0.5) is 16.2 Å². The summed E-state index contributed by atoms with van der Waals surface area (Å²) in [7, 11) is 0. The fraction of sp³-hybridized carbons (Fsp3) is 0.133. The second-order valence-electron chi connectivity index (χ2n) is 4.67. The van der Waals surface area contributed by atoms with E-state index in [1.807, 2.05) is 12.1 Å². The van der Waals surface area contributed by atoms with Crippen LogP contribution in [0.15, 0.2) is 42.5 Å². The summed E-state index contributed by atoms with van der Waals surface area (Å²) >= 11 is 0. The molecule has 0 saturated carbocycles. The van der Waals surface area contributed by atoms with Gasteiger partial charge in [0.1, 0.15) is 17.2 Å². The van der Waals surface area contributed by atoms with Crippen LogP contribution in [0.25, 0.3) is 0 Å². The van der Waals surface area contributed by atoms with E-state index in [0.717, 1.165) is 5.56 Å². The number of anilines is 1. The van der Waals surface area contributed by atoms with Gasteiger partial charge in [0, 0.05) is 18.7 Å². The number of rotatable bonds is 6. The highest BCUT2D eigenvalue weighted by atomic mass is 16.6. The third-order valence-corrected chi connectivity index (χ3v) is 3.07. The molecular weight excluding hydrogens is 302 g/mol. The number of carboxylic acid groups (broad SMARTS) is 1. The first-order valence-electron chi connectivity index (χ1n) is 6.74. The number of hydrogen-bond donors (Lipinski definition) is 3. The third-order valence-electron chi connectivity index (χ3n) is 3.07. The average molecular weight is 317 g/mol. The van der Waals surface area contributed by atoms with Crippen LogP contribution in [0.3, 0.4) is 0 Å². The average Bonchev–Trinajstić information content (AvgIpc) is 2.48. The minimum Gasteiger partial charge on any atom is -0.465 e. The third kappa shape index (κ3) is 4.34. The predicted molar refractivity (Wildman–Crippen MR) is 83.8 cm³/mol. The van der Waals surface area contributed by atoms with E-state index in [2.05, 4.69) is 5.32 Å². The predicted octanol–water partition coefficient (Wildman–Crippen LogP) is 2.78. The van der Waals surface area contributed by atoms with E-state index < -0.39 is 11.0 Å². The van der Waals surface area contributed by atoms with Gasteiger partial charge in [-0.3, -0.25) is 10.1 Å². The fourth-order valence-electron chi connectivity index (χ4n) is 2.00. The zero-order chi connectivity index (χ0) is 16.8. The second-order valence-corrected chi connectivity index (χ2v) is 4.67. The highest BCUT2D eigenvalue weighted by Crippen LogP contribution is 2.30. The van der Waals surface area contributed by atoms with Crippen molar-refractivity contribution in [3.63, 3.8) is 0 Å². The second kappa shape index (κ2) is 7.12. The van der Waals surface area contributed by atoms with Gasteiger partial charge >= 0.3 is 6.09 Å². The van der Waals surface area contributed by atoms with Gasteiger partial charge in [0.15, 0.2) is 0 Å². The molecule has 0 radical (unpaired) electrons. The van der Waals surface area contributed by atoms with Gasteiger partial charge in [0.2, 0.25) is 0 Å². The number of nitrogens with zero attached hydrogens (tertiary/aromatic N) is 1. The smallest absolute Gasteiger partial charge is 0.404 e. The van der Waals surface area contributed by atoms with Crippen molar-refractivity contribution in [3.05, 3.63) is 58.1 Å². The summed E-state index contributed by atoms with van der Waals surface area (Å²) in [5, 5.41) is 21.6. The molecule has 0 unspecified atom stereocenters. The minimum absolute atomic E-state index is 0.0116. The Kier molecular flexibility index (Phi) is 4.98.